The second-order valence-electron chi connectivity index (χ2n) is 6.03. The molecule has 0 fully saturated rings. The molecule has 1 aromatic carbocycles. The Balaban J connectivity index is 2.01. The first kappa shape index (κ1) is 22.4. The highest BCUT2D eigenvalue weighted by Gasteiger charge is 2.21. The van der Waals surface area contributed by atoms with Crippen molar-refractivity contribution in [3.05, 3.63) is 36.2 Å². The SMILES string of the molecule is COC(=O)C(CCSC)NC(=O)Nc1cnn(Cc2cccc(OC)c2OC)c1. The van der Waals surface area contributed by atoms with Gasteiger partial charge in [-0.25, -0.2) is 9.59 Å². The van der Waals surface area contributed by atoms with Crippen molar-refractivity contribution < 1.29 is 23.8 Å². The molecule has 2 N–H and O–H groups in total. The summed E-state index contributed by atoms with van der Waals surface area (Å²) in [4.78, 5) is 24.1. The van der Waals surface area contributed by atoms with Crippen LogP contribution in [0.2, 0.25) is 0 Å². The Bertz CT molecular complexity index is 827. The molecule has 0 saturated heterocycles. The van der Waals surface area contributed by atoms with Crippen LogP contribution in [-0.4, -0.2) is 61.2 Å². The maximum absolute atomic E-state index is 12.2. The van der Waals surface area contributed by atoms with Gasteiger partial charge in [0.1, 0.15) is 6.04 Å². The molecule has 1 unspecified atom stereocenters. The van der Waals surface area contributed by atoms with Crippen LogP contribution in [0.5, 0.6) is 11.5 Å². The lowest BCUT2D eigenvalue weighted by molar-refractivity contribution is -0.142. The lowest BCUT2D eigenvalue weighted by atomic mass is 10.2. The lowest BCUT2D eigenvalue weighted by Crippen LogP contribution is -2.43. The Kier molecular flexibility index (Phi) is 8.66. The smallest absolute Gasteiger partial charge is 0.328 e. The summed E-state index contributed by atoms with van der Waals surface area (Å²) in [5.74, 6) is 1.51. The highest BCUT2D eigenvalue weighted by atomic mass is 32.2. The van der Waals surface area contributed by atoms with Crippen molar-refractivity contribution in [1.29, 1.82) is 0 Å². The van der Waals surface area contributed by atoms with Crippen molar-refractivity contribution in [3.63, 3.8) is 0 Å². The van der Waals surface area contributed by atoms with Crippen molar-refractivity contribution in [1.82, 2.24) is 15.1 Å². The number of benzene rings is 1. The summed E-state index contributed by atoms with van der Waals surface area (Å²) in [6.45, 7) is 0.433. The molecule has 0 aliphatic carbocycles. The molecule has 158 valence electrons. The summed E-state index contributed by atoms with van der Waals surface area (Å²) in [6.07, 6.45) is 5.63. The van der Waals surface area contributed by atoms with Gasteiger partial charge in [0, 0.05) is 11.8 Å². The Hall–Kier alpha value is -2.88. The number of hydrogen-bond donors (Lipinski definition) is 2. The van der Waals surface area contributed by atoms with Gasteiger partial charge in [-0.15, -0.1) is 0 Å². The zero-order valence-corrected chi connectivity index (χ0v) is 17.7. The zero-order valence-electron chi connectivity index (χ0n) is 16.9. The van der Waals surface area contributed by atoms with E-state index in [0.717, 1.165) is 11.3 Å². The number of nitrogens with zero attached hydrogens (tertiary/aromatic N) is 2. The van der Waals surface area contributed by atoms with Gasteiger partial charge < -0.3 is 24.8 Å². The fraction of sp³-hybridized carbons (Fsp3) is 0.421. The predicted octanol–water partition coefficient (Wildman–Crippen LogP) is 2.36. The zero-order chi connectivity index (χ0) is 21.2. The number of ether oxygens (including phenoxy) is 3. The molecule has 0 bridgehead atoms. The number of aromatic nitrogens is 2. The normalized spacial score (nSPS) is 11.4. The molecule has 9 nitrogen and oxygen atoms in total. The van der Waals surface area contributed by atoms with E-state index >= 15 is 0 Å². The van der Waals surface area contributed by atoms with Gasteiger partial charge in [-0.1, -0.05) is 12.1 Å². The van der Waals surface area contributed by atoms with Crippen LogP contribution in [0.4, 0.5) is 10.5 Å². The Labute approximate surface area is 174 Å². The number of methoxy groups -OCH3 is 3. The van der Waals surface area contributed by atoms with Gasteiger partial charge in [-0.05, 0) is 24.5 Å². The van der Waals surface area contributed by atoms with Gasteiger partial charge in [0.05, 0.1) is 39.8 Å². The average Bonchev–Trinajstić information content (AvgIpc) is 3.16. The summed E-state index contributed by atoms with van der Waals surface area (Å²) < 4.78 is 17.1. The van der Waals surface area contributed by atoms with E-state index in [1.807, 2.05) is 24.5 Å². The van der Waals surface area contributed by atoms with Crippen LogP contribution < -0.4 is 20.1 Å². The molecule has 2 amide bonds. The van der Waals surface area contributed by atoms with E-state index in [1.165, 1.54) is 13.3 Å². The van der Waals surface area contributed by atoms with Crippen molar-refractivity contribution in [3.8, 4) is 11.5 Å². The van der Waals surface area contributed by atoms with Crippen LogP contribution in [-0.2, 0) is 16.1 Å². The Morgan fingerprint density at radius 3 is 2.69 bits per heavy atom. The molecule has 10 heteroatoms. The number of hydrogen-bond acceptors (Lipinski definition) is 7. The molecular formula is C19H26N4O5S. The van der Waals surface area contributed by atoms with Crippen LogP contribution in [0.25, 0.3) is 0 Å². The number of carbonyl (C=O) groups excluding carboxylic acids is 2. The summed E-state index contributed by atoms with van der Waals surface area (Å²) in [6, 6.07) is 4.39. The Morgan fingerprint density at radius 1 is 1.24 bits per heavy atom. The predicted molar refractivity (Wildman–Crippen MR) is 112 cm³/mol. The number of rotatable bonds is 10. The molecule has 2 aromatic rings. The van der Waals surface area contributed by atoms with E-state index in [-0.39, 0.29) is 0 Å². The second kappa shape index (κ2) is 11.2. The number of para-hydroxylation sites is 1. The number of amides is 2. The maximum Gasteiger partial charge on any atom is 0.328 e. The molecule has 1 heterocycles. The van der Waals surface area contributed by atoms with Gasteiger partial charge in [0.2, 0.25) is 0 Å². The summed E-state index contributed by atoms with van der Waals surface area (Å²) in [5, 5.41) is 9.57. The molecule has 0 saturated carbocycles. The van der Waals surface area contributed by atoms with E-state index in [4.69, 9.17) is 14.2 Å². The number of thioether (sulfide) groups is 1. The molecule has 0 spiro atoms. The van der Waals surface area contributed by atoms with E-state index in [1.54, 1.807) is 36.9 Å². The monoisotopic (exact) mass is 422 g/mol. The van der Waals surface area contributed by atoms with Gasteiger partial charge in [0.25, 0.3) is 0 Å². The first-order valence-electron chi connectivity index (χ1n) is 8.89. The third kappa shape index (κ3) is 6.31. The molecule has 1 aromatic heterocycles. The molecule has 0 radical (unpaired) electrons. The van der Waals surface area contributed by atoms with E-state index < -0.39 is 18.0 Å². The molecule has 1 atom stereocenters. The van der Waals surface area contributed by atoms with Crippen LogP contribution in [0.1, 0.15) is 12.0 Å². The highest BCUT2D eigenvalue weighted by molar-refractivity contribution is 7.98. The number of nitrogens with one attached hydrogen (secondary N) is 2. The third-order valence-electron chi connectivity index (χ3n) is 4.11. The molecular weight excluding hydrogens is 396 g/mol. The number of anilines is 1. The van der Waals surface area contributed by atoms with E-state index in [0.29, 0.717) is 30.2 Å². The van der Waals surface area contributed by atoms with Gasteiger partial charge >= 0.3 is 12.0 Å². The van der Waals surface area contributed by atoms with Crippen molar-refractivity contribution >= 4 is 29.4 Å². The van der Waals surface area contributed by atoms with Crippen molar-refractivity contribution in [2.24, 2.45) is 0 Å². The first-order chi connectivity index (χ1) is 14.0. The first-order valence-corrected chi connectivity index (χ1v) is 10.3. The molecule has 29 heavy (non-hydrogen) atoms. The number of urea groups is 1. The number of esters is 1. The van der Waals surface area contributed by atoms with Crippen molar-refractivity contribution in [2.45, 2.75) is 19.0 Å². The largest absolute Gasteiger partial charge is 0.493 e. The summed E-state index contributed by atoms with van der Waals surface area (Å²) in [5.41, 5.74) is 1.38. The van der Waals surface area contributed by atoms with E-state index in [2.05, 4.69) is 15.7 Å². The minimum absolute atomic E-state index is 0.433. The second-order valence-corrected chi connectivity index (χ2v) is 7.02. The fourth-order valence-electron chi connectivity index (χ4n) is 2.72. The minimum atomic E-state index is -0.705. The van der Waals surface area contributed by atoms with Crippen molar-refractivity contribution in [2.75, 3.05) is 38.7 Å². The minimum Gasteiger partial charge on any atom is -0.493 e. The highest BCUT2D eigenvalue weighted by Crippen LogP contribution is 2.31. The Morgan fingerprint density at radius 2 is 2.03 bits per heavy atom. The van der Waals surface area contributed by atoms with Gasteiger partial charge in [-0.3, -0.25) is 4.68 Å². The standard InChI is InChI=1S/C19H26N4O5S/c1-26-16-7-5-6-13(17(16)27-2)11-23-12-14(10-20-23)21-19(25)22-15(8-9-29-4)18(24)28-3/h5-7,10,12,15H,8-9,11H2,1-4H3,(H2,21,22,25). The topological polar surface area (TPSA) is 104 Å². The van der Waals surface area contributed by atoms with Crippen LogP contribution >= 0.6 is 11.8 Å². The summed E-state index contributed by atoms with van der Waals surface area (Å²) in [7, 11) is 4.46. The van der Waals surface area contributed by atoms with Crippen LogP contribution in [0.15, 0.2) is 30.6 Å². The number of carbonyl (C=O) groups is 2. The average molecular weight is 423 g/mol. The molecule has 2 rings (SSSR count). The molecule has 0 aliphatic rings. The molecule has 0 aliphatic heterocycles. The maximum atomic E-state index is 12.2. The third-order valence-corrected chi connectivity index (χ3v) is 4.75. The quantitative estimate of drug-likeness (QED) is 0.567. The van der Waals surface area contributed by atoms with Crippen LogP contribution in [0, 0.1) is 0 Å². The van der Waals surface area contributed by atoms with Crippen LogP contribution in [0.3, 0.4) is 0 Å². The fourth-order valence-corrected chi connectivity index (χ4v) is 3.19. The van der Waals surface area contributed by atoms with E-state index in [9.17, 15) is 9.59 Å². The van der Waals surface area contributed by atoms with Gasteiger partial charge in [0.15, 0.2) is 11.5 Å². The summed E-state index contributed by atoms with van der Waals surface area (Å²) >= 11 is 1.59. The lowest BCUT2D eigenvalue weighted by Gasteiger charge is -2.16. The van der Waals surface area contributed by atoms with Gasteiger partial charge in [-0.2, -0.15) is 16.9 Å².